The lowest BCUT2D eigenvalue weighted by atomic mass is 9.90. The van der Waals surface area contributed by atoms with Crippen molar-refractivity contribution in [2.75, 3.05) is 0 Å². The third kappa shape index (κ3) is 2.67. The van der Waals surface area contributed by atoms with Crippen LogP contribution in [0.1, 0.15) is 36.0 Å². The predicted molar refractivity (Wildman–Crippen MR) is 108 cm³/mol. The lowest BCUT2D eigenvalue weighted by Crippen LogP contribution is -2.32. The van der Waals surface area contributed by atoms with Gasteiger partial charge in [0.2, 0.25) is 13.7 Å². The summed E-state index contributed by atoms with van der Waals surface area (Å²) in [6.45, 7) is 2.33. The molecule has 5 rings (SSSR count). The molecule has 144 valence electrons. The van der Waals surface area contributed by atoms with Crippen molar-refractivity contribution >= 4 is 30.6 Å². The first-order valence-electron chi connectivity index (χ1n) is 9.52. The van der Waals surface area contributed by atoms with Crippen LogP contribution in [0.15, 0.2) is 35.1 Å². The van der Waals surface area contributed by atoms with Crippen molar-refractivity contribution in [1.29, 1.82) is 0 Å². The molecule has 29 heavy (non-hydrogen) atoms. The van der Waals surface area contributed by atoms with E-state index >= 15 is 0 Å². The van der Waals surface area contributed by atoms with Crippen LogP contribution in [0.2, 0.25) is 0 Å². The number of aromatic nitrogens is 2. The number of hydrogen-bond acceptors (Lipinski definition) is 6. The summed E-state index contributed by atoms with van der Waals surface area (Å²) in [4.78, 5) is 41.2. The van der Waals surface area contributed by atoms with E-state index in [0.717, 1.165) is 33.4 Å². The van der Waals surface area contributed by atoms with E-state index in [4.69, 9.17) is 14.5 Å². The SMILES string of the molecule is BC(=O)Oc1ccc2nc3c(cc2c1)Cn1c-3cc2c(c1=O)COC(=O)[C@@H]2CC. The lowest BCUT2D eigenvalue weighted by Gasteiger charge is -2.24. The third-order valence-corrected chi connectivity index (χ3v) is 5.56. The van der Waals surface area contributed by atoms with E-state index in [0.29, 0.717) is 24.3 Å². The van der Waals surface area contributed by atoms with Gasteiger partial charge < -0.3 is 14.0 Å². The highest BCUT2D eigenvalue weighted by Gasteiger charge is 2.33. The molecule has 0 saturated heterocycles. The molecule has 3 aromatic rings. The fourth-order valence-corrected chi connectivity index (χ4v) is 4.22. The largest absolute Gasteiger partial charge is 0.460 e. The molecule has 2 aliphatic heterocycles. The molecular formula is C21H17BN2O5. The lowest BCUT2D eigenvalue weighted by molar-refractivity contribution is -0.148. The van der Waals surface area contributed by atoms with Gasteiger partial charge >= 0.3 is 5.97 Å². The van der Waals surface area contributed by atoms with E-state index in [1.165, 1.54) is 7.85 Å². The number of benzene rings is 1. The molecular weight excluding hydrogens is 371 g/mol. The predicted octanol–water partition coefficient (Wildman–Crippen LogP) is 2.11. The summed E-state index contributed by atoms with van der Waals surface area (Å²) in [6, 6.07) is 9.14. The van der Waals surface area contributed by atoms with Gasteiger partial charge in [-0.3, -0.25) is 14.4 Å². The summed E-state index contributed by atoms with van der Waals surface area (Å²) in [5, 5.41) is 0.832. The van der Waals surface area contributed by atoms with E-state index in [1.54, 1.807) is 22.8 Å². The molecule has 0 spiro atoms. The second-order valence-electron chi connectivity index (χ2n) is 7.37. The van der Waals surface area contributed by atoms with E-state index < -0.39 is 5.92 Å². The van der Waals surface area contributed by atoms with Crippen molar-refractivity contribution in [3.63, 3.8) is 0 Å². The number of fused-ring (bicyclic) bond motifs is 5. The second kappa shape index (κ2) is 6.30. The first-order chi connectivity index (χ1) is 14.0. The minimum atomic E-state index is -0.423. The maximum Gasteiger partial charge on any atom is 0.313 e. The summed E-state index contributed by atoms with van der Waals surface area (Å²) >= 11 is 0. The molecule has 0 fully saturated rings. The molecule has 0 bridgehead atoms. The Morgan fingerprint density at radius 1 is 1.31 bits per heavy atom. The zero-order valence-corrected chi connectivity index (χ0v) is 16.0. The molecule has 2 aromatic heterocycles. The maximum atomic E-state index is 13.1. The van der Waals surface area contributed by atoms with Crippen LogP contribution in [-0.4, -0.2) is 29.2 Å². The van der Waals surface area contributed by atoms with Gasteiger partial charge in [-0.25, -0.2) is 4.98 Å². The summed E-state index contributed by atoms with van der Waals surface area (Å²) < 4.78 is 12.1. The number of ether oxygens (including phenoxy) is 2. The minimum absolute atomic E-state index is 0.0152. The molecule has 0 amide bonds. The van der Waals surface area contributed by atoms with E-state index in [1.807, 2.05) is 19.1 Å². The Kier molecular flexibility index (Phi) is 3.84. The van der Waals surface area contributed by atoms with Crippen molar-refractivity contribution < 1.29 is 19.1 Å². The van der Waals surface area contributed by atoms with Crippen LogP contribution in [0, 0.1) is 0 Å². The van der Waals surface area contributed by atoms with Crippen LogP contribution in [0.3, 0.4) is 0 Å². The fourth-order valence-electron chi connectivity index (χ4n) is 4.22. The van der Waals surface area contributed by atoms with Crippen LogP contribution in [0.5, 0.6) is 5.75 Å². The highest BCUT2D eigenvalue weighted by Crippen LogP contribution is 2.37. The molecule has 0 unspecified atom stereocenters. The van der Waals surface area contributed by atoms with Gasteiger partial charge in [-0.05, 0) is 42.3 Å². The van der Waals surface area contributed by atoms with Gasteiger partial charge in [-0.2, -0.15) is 0 Å². The molecule has 7 nitrogen and oxygen atoms in total. The molecule has 1 atom stereocenters. The molecule has 0 aliphatic carbocycles. The molecule has 0 saturated carbocycles. The Morgan fingerprint density at radius 2 is 2.14 bits per heavy atom. The van der Waals surface area contributed by atoms with Gasteiger partial charge in [0.05, 0.1) is 34.9 Å². The molecule has 4 heterocycles. The average Bonchev–Trinajstić information content (AvgIpc) is 3.03. The maximum absolute atomic E-state index is 13.1. The highest BCUT2D eigenvalue weighted by atomic mass is 16.5. The number of esters is 1. The van der Waals surface area contributed by atoms with Gasteiger partial charge in [0, 0.05) is 10.9 Å². The Balaban J connectivity index is 1.68. The third-order valence-electron chi connectivity index (χ3n) is 5.56. The van der Waals surface area contributed by atoms with Gasteiger partial charge in [-0.15, -0.1) is 0 Å². The van der Waals surface area contributed by atoms with Crippen LogP contribution in [-0.2, 0) is 22.7 Å². The van der Waals surface area contributed by atoms with Crippen LogP contribution in [0.4, 0.5) is 4.79 Å². The molecule has 0 N–H and O–H groups in total. The summed E-state index contributed by atoms with van der Waals surface area (Å²) in [5.74, 6) is -0.637. The Labute approximate surface area is 166 Å². The average molecular weight is 388 g/mol. The smallest absolute Gasteiger partial charge is 0.313 e. The fraction of sp³-hybridized carbons (Fsp3) is 0.238. The van der Waals surface area contributed by atoms with Gasteiger partial charge in [-0.1, -0.05) is 6.92 Å². The monoisotopic (exact) mass is 388 g/mol. The normalized spacial score (nSPS) is 16.7. The number of rotatable bonds is 2. The number of pyridine rings is 2. The molecule has 8 heteroatoms. The topological polar surface area (TPSA) is 87.5 Å². The quantitative estimate of drug-likeness (QED) is 0.386. The summed E-state index contributed by atoms with van der Waals surface area (Å²) in [7, 11) is 1.36. The van der Waals surface area contributed by atoms with Gasteiger partial charge in [0.25, 0.3) is 5.56 Å². The first kappa shape index (κ1) is 17.7. The van der Waals surface area contributed by atoms with Crippen LogP contribution >= 0.6 is 0 Å². The van der Waals surface area contributed by atoms with E-state index in [9.17, 15) is 14.4 Å². The Hall–Kier alpha value is -3.42. The van der Waals surface area contributed by atoms with E-state index in [-0.39, 0.29) is 24.0 Å². The summed E-state index contributed by atoms with van der Waals surface area (Å²) in [5.41, 5.74) is 4.29. The molecule has 0 radical (unpaired) electrons. The first-order valence-corrected chi connectivity index (χ1v) is 9.52. The van der Waals surface area contributed by atoms with Crippen molar-refractivity contribution in [2.24, 2.45) is 0 Å². The number of cyclic esters (lactones) is 1. The highest BCUT2D eigenvalue weighted by molar-refractivity contribution is 6.55. The number of hydrogen-bond donors (Lipinski definition) is 0. The Morgan fingerprint density at radius 3 is 2.90 bits per heavy atom. The number of nitrogens with zero attached hydrogens (tertiary/aromatic N) is 2. The number of carbonyl (C=O) groups excluding carboxylic acids is 2. The van der Waals surface area contributed by atoms with Gasteiger partial charge in [0.15, 0.2) is 0 Å². The van der Waals surface area contributed by atoms with Gasteiger partial charge in [0.1, 0.15) is 12.4 Å². The van der Waals surface area contributed by atoms with Crippen LogP contribution < -0.4 is 10.3 Å². The molecule has 2 aliphatic rings. The standard InChI is InChI=1S/C21H17BN2O5/c1-2-13-14-7-17-18-11(8-24(17)19(25)15(14)9-28-20(13)26)5-10-6-12(29-21(22)27)3-4-16(10)23-18/h3-7,13H,2,8-9,22H2,1H3/t13-/m1/s1. The minimum Gasteiger partial charge on any atom is -0.460 e. The van der Waals surface area contributed by atoms with Crippen molar-refractivity contribution in [2.45, 2.75) is 32.4 Å². The second-order valence-corrected chi connectivity index (χ2v) is 7.37. The van der Waals surface area contributed by atoms with Crippen molar-refractivity contribution in [3.05, 3.63) is 57.4 Å². The van der Waals surface area contributed by atoms with Crippen LogP contribution in [0.25, 0.3) is 22.3 Å². The Bertz CT molecular complexity index is 1280. The zero-order chi connectivity index (χ0) is 20.3. The molecule has 1 aromatic carbocycles. The zero-order valence-electron chi connectivity index (χ0n) is 16.0. The summed E-state index contributed by atoms with van der Waals surface area (Å²) in [6.07, 6.45) is 0.575. The number of carbonyl (C=O) groups is 2. The van der Waals surface area contributed by atoms with Crippen molar-refractivity contribution in [1.82, 2.24) is 9.55 Å². The van der Waals surface area contributed by atoms with E-state index in [2.05, 4.69) is 0 Å². The van der Waals surface area contributed by atoms with Crippen molar-refractivity contribution in [3.8, 4) is 17.1 Å².